The summed E-state index contributed by atoms with van der Waals surface area (Å²) in [6.07, 6.45) is 7.39. The minimum Gasteiger partial charge on any atom is -0.494 e. The Morgan fingerprint density at radius 2 is 1.95 bits per heavy atom. The van der Waals surface area contributed by atoms with Crippen LogP contribution >= 0.6 is 0 Å². The first-order valence-electron chi connectivity index (χ1n) is 7.90. The second kappa shape index (κ2) is 8.45. The van der Waals surface area contributed by atoms with Gasteiger partial charge in [-0.05, 0) is 42.9 Å². The lowest BCUT2D eigenvalue weighted by atomic mass is 9.92. The Morgan fingerprint density at radius 3 is 2.57 bits per heavy atom. The van der Waals surface area contributed by atoms with Crippen LogP contribution in [-0.4, -0.2) is 22.0 Å². The number of nitrogens with one attached hydrogen (secondary N) is 1. The van der Waals surface area contributed by atoms with Gasteiger partial charge in [-0.2, -0.15) is 15.4 Å². The van der Waals surface area contributed by atoms with Gasteiger partial charge in [0.15, 0.2) is 0 Å². The summed E-state index contributed by atoms with van der Waals surface area (Å²) in [4.78, 5) is 0. The van der Waals surface area contributed by atoms with Crippen LogP contribution in [0.5, 0.6) is 5.75 Å². The molecule has 1 N–H and O–H groups in total. The molecule has 4 heteroatoms. The fourth-order valence-corrected chi connectivity index (χ4v) is 2.45. The Balaban J connectivity index is 1.90. The van der Waals surface area contributed by atoms with Crippen molar-refractivity contribution in [2.24, 2.45) is 0 Å². The van der Waals surface area contributed by atoms with Crippen molar-refractivity contribution in [1.29, 1.82) is 0 Å². The van der Waals surface area contributed by atoms with E-state index in [1.165, 1.54) is 18.4 Å². The van der Waals surface area contributed by atoms with Gasteiger partial charge < -0.3 is 4.74 Å². The second-order valence-corrected chi connectivity index (χ2v) is 5.40. The fraction of sp³-hybridized carbons (Fsp3) is 0.529. The molecule has 1 aromatic heterocycles. The SMILES string of the molecule is CCCCCOc1ccc(C(CC)Cc2cn[nH]n2)cc1. The Bertz CT molecular complexity index is 493. The lowest BCUT2D eigenvalue weighted by Crippen LogP contribution is -2.03. The van der Waals surface area contributed by atoms with Crippen molar-refractivity contribution in [3.63, 3.8) is 0 Å². The van der Waals surface area contributed by atoms with Crippen LogP contribution in [0, 0.1) is 0 Å². The number of hydrogen-bond donors (Lipinski definition) is 1. The molecule has 0 aliphatic rings. The standard InChI is InChI=1S/C17H25N3O/c1-3-5-6-11-21-17-9-7-15(8-10-17)14(4-2)12-16-13-18-20-19-16/h7-10,13-14H,3-6,11-12H2,1-2H3,(H,18,19,20). The van der Waals surface area contributed by atoms with Gasteiger partial charge in [0.1, 0.15) is 5.75 Å². The first-order chi connectivity index (χ1) is 10.3. The van der Waals surface area contributed by atoms with Crippen molar-refractivity contribution in [2.45, 2.75) is 51.9 Å². The Kier molecular flexibility index (Phi) is 6.25. The number of aromatic nitrogens is 3. The molecule has 1 unspecified atom stereocenters. The highest BCUT2D eigenvalue weighted by Gasteiger charge is 2.12. The molecule has 4 nitrogen and oxygen atoms in total. The molecule has 1 aromatic carbocycles. The van der Waals surface area contributed by atoms with Crippen LogP contribution in [0.2, 0.25) is 0 Å². The summed E-state index contributed by atoms with van der Waals surface area (Å²) in [5, 5.41) is 10.7. The van der Waals surface area contributed by atoms with E-state index < -0.39 is 0 Å². The smallest absolute Gasteiger partial charge is 0.119 e. The van der Waals surface area contributed by atoms with E-state index in [2.05, 4.69) is 53.5 Å². The summed E-state index contributed by atoms with van der Waals surface area (Å²) in [5.74, 6) is 1.44. The molecule has 2 aromatic rings. The first kappa shape index (κ1) is 15.5. The molecule has 0 spiro atoms. The van der Waals surface area contributed by atoms with Crippen LogP contribution < -0.4 is 4.74 Å². The van der Waals surface area contributed by atoms with Crippen LogP contribution in [-0.2, 0) is 6.42 Å². The van der Waals surface area contributed by atoms with Gasteiger partial charge >= 0.3 is 0 Å². The lowest BCUT2D eigenvalue weighted by Gasteiger charge is -2.14. The third kappa shape index (κ3) is 4.88. The van der Waals surface area contributed by atoms with Gasteiger partial charge in [0, 0.05) is 0 Å². The van der Waals surface area contributed by atoms with E-state index in [0.717, 1.165) is 37.3 Å². The minimum absolute atomic E-state index is 0.476. The molecule has 0 aliphatic heterocycles. The lowest BCUT2D eigenvalue weighted by molar-refractivity contribution is 0.306. The van der Waals surface area contributed by atoms with Crippen molar-refractivity contribution in [2.75, 3.05) is 6.61 Å². The molecule has 1 heterocycles. The number of H-pyrrole nitrogens is 1. The summed E-state index contributed by atoms with van der Waals surface area (Å²) in [5.41, 5.74) is 2.35. The van der Waals surface area contributed by atoms with Gasteiger partial charge in [0.2, 0.25) is 0 Å². The molecule has 0 aliphatic carbocycles. The van der Waals surface area contributed by atoms with E-state index in [0.29, 0.717) is 5.92 Å². The third-order valence-electron chi connectivity index (χ3n) is 3.78. The van der Waals surface area contributed by atoms with Gasteiger partial charge in [-0.3, -0.25) is 0 Å². The van der Waals surface area contributed by atoms with Crippen LogP contribution in [0.25, 0.3) is 0 Å². The van der Waals surface area contributed by atoms with E-state index >= 15 is 0 Å². The van der Waals surface area contributed by atoms with Gasteiger partial charge in [0.05, 0.1) is 18.5 Å². The van der Waals surface area contributed by atoms with Crippen molar-refractivity contribution < 1.29 is 4.74 Å². The van der Waals surface area contributed by atoms with E-state index in [-0.39, 0.29) is 0 Å². The topological polar surface area (TPSA) is 50.8 Å². The molecule has 0 bridgehead atoms. The van der Waals surface area contributed by atoms with Gasteiger partial charge in [-0.15, -0.1) is 0 Å². The number of hydrogen-bond acceptors (Lipinski definition) is 3. The molecular formula is C17H25N3O. The van der Waals surface area contributed by atoms with Gasteiger partial charge in [-0.25, -0.2) is 0 Å². The van der Waals surface area contributed by atoms with Gasteiger partial charge in [-0.1, -0.05) is 38.8 Å². The van der Waals surface area contributed by atoms with Crippen LogP contribution in [0.3, 0.4) is 0 Å². The summed E-state index contributed by atoms with van der Waals surface area (Å²) in [7, 11) is 0. The molecule has 0 radical (unpaired) electrons. The zero-order valence-corrected chi connectivity index (χ0v) is 13.0. The highest BCUT2D eigenvalue weighted by atomic mass is 16.5. The molecular weight excluding hydrogens is 262 g/mol. The molecule has 0 amide bonds. The maximum atomic E-state index is 5.75. The predicted octanol–water partition coefficient (Wildman–Crippen LogP) is 4.11. The van der Waals surface area contributed by atoms with Crippen LogP contribution in [0.15, 0.2) is 30.5 Å². The largest absolute Gasteiger partial charge is 0.494 e. The molecule has 0 saturated carbocycles. The monoisotopic (exact) mass is 287 g/mol. The maximum absolute atomic E-state index is 5.75. The zero-order valence-electron chi connectivity index (χ0n) is 13.0. The predicted molar refractivity (Wildman–Crippen MR) is 84.6 cm³/mol. The number of unbranched alkanes of at least 4 members (excludes halogenated alkanes) is 2. The van der Waals surface area contributed by atoms with E-state index in [9.17, 15) is 0 Å². The average molecular weight is 287 g/mol. The quantitative estimate of drug-likeness (QED) is 0.706. The van der Waals surface area contributed by atoms with E-state index in [4.69, 9.17) is 4.74 Å². The van der Waals surface area contributed by atoms with Crippen molar-refractivity contribution in [1.82, 2.24) is 15.4 Å². The van der Waals surface area contributed by atoms with Crippen molar-refractivity contribution in [3.8, 4) is 5.75 Å². The summed E-state index contributed by atoms with van der Waals surface area (Å²) in [6, 6.07) is 8.49. The number of benzene rings is 1. The Hall–Kier alpha value is -1.84. The third-order valence-corrected chi connectivity index (χ3v) is 3.78. The van der Waals surface area contributed by atoms with Gasteiger partial charge in [0.25, 0.3) is 0 Å². The average Bonchev–Trinajstić information content (AvgIpc) is 3.03. The Labute approximate surface area is 126 Å². The molecule has 0 saturated heterocycles. The zero-order chi connectivity index (χ0) is 14.9. The van der Waals surface area contributed by atoms with Crippen LogP contribution in [0.4, 0.5) is 0 Å². The minimum atomic E-state index is 0.476. The molecule has 1 atom stereocenters. The molecule has 21 heavy (non-hydrogen) atoms. The van der Waals surface area contributed by atoms with E-state index in [1.54, 1.807) is 6.20 Å². The van der Waals surface area contributed by atoms with Crippen molar-refractivity contribution in [3.05, 3.63) is 41.7 Å². The Morgan fingerprint density at radius 1 is 1.14 bits per heavy atom. The maximum Gasteiger partial charge on any atom is 0.119 e. The number of ether oxygens (including phenoxy) is 1. The fourth-order valence-electron chi connectivity index (χ4n) is 2.45. The summed E-state index contributed by atoms with van der Waals surface area (Å²) < 4.78 is 5.75. The molecule has 0 fully saturated rings. The highest BCUT2D eigenvalue weighted by Crippen LogP contribution is 2.25. The molecule has 2 rings (SSSR count). The summed E-state index contributed by atoms with van der Waals surface area (Å²) >= 11 is 0. The van der Waals surface area contributed by atoms with Crippen LogP contribution in [0.1, 0.15) is 56.7 Å². The number of nitrogens with zero attached hydrogens (tertiary/aromatic N) is 2. The van der Waals surface area contributed by atoms with E-state index in [1.807, 2.05) is 0 Å². The second-order valence-electron chi connectivity index (χ2n) is 5.40. The molecule has 114 valence electrons. The number of rotatable bonds is 9. The number of aromatic amines is 1. The highest BCUT2D eigenvalue weighted by molar-refractivity contribution is 5.30. The van der Waals surface area contributed by atoms with Crippen molar-refractivity contribution >= 4 is 0 Å². The first-order valence-corrected chi connectivity index (χ1v) is 7.90. The summed E-state index contributed by atoms with van der Waals surface area (Å²) in [6.45, 7) is 5.22. The normalized spacial score (nSPS) is 12.3.